The molecule has 0 aliphatic carbocycles. The van der Waals surface area contributed by atoms with Crippen LogP contribution in [0.15, 0.2) is 23.4 Å². The number of aromatic nitrogens is 1. The van der Waals surface area contributed by atoms with Crippen molar-refractivity contribution in [3.63, 3.8) is 0 Å². The van der Waals surface area contributed by atoms with Gasteiger partial charge in [-0.05, 0) is 25.1 Å². The van der Waals surface area contributed by atoms with Gasteiger partial charge in [0.15, 0.2) is 0 Å². The third-order valence-corrected chi connectivity index (χ3v) is 3.06. The maximum atomic E-state index is 11.5. The molecule has 3 nitrogen and oxygen atoms in total. The van der Waals surface area contributed by atoms with Crippen molar-refractivity contribution >= 4 is 22.4 Å². The molecule has 1 rings (SSSR count). The van der Waals surface area contributed by atoms with Crippen molar-refractivity contribution in [2.24, 2.45) is 5.73 Å². The second-order valence-electron chi connectivity index (χ2n) is 2.51. The van der Waals surface area contributed by atoms with Crippen LogP contribution < -0.4 is 5.73 Å². The Morgan fingerprint density at radius 2 is 2.31 bits per heavy atom. The van der Waals surface area contributed by atoms with E-state index in [9.17, 15) is 4.21 Å². The van der Waals surface area contributed by atoms with Gasteiger partial charge in [0.05, 0.1) is 15.8 Å². The molecule has 0 aliphatic heterocycles. The van der Waals surface area contributed by atoms with Gasteiger partial charge in [-0.25, -0.2) is 4.98 Å². The second-order valence-corrected chi connectivity index (χ2v) is 4.46. The minimum Gasteiger partial charge on any atom is -0.330 e. The van der Waals surface area contributed by atoms with Crippen LogP contribution in [-0.2, 0) is 10.8 Å². The molecule has 0 radical (unpaired) electrons. The zero-order chi connectivity index (χ0) is 9.68. The number of nitrogens with zero attached hydrogens (tertiary/aromatic N) is 1. The van der Waals surface area contributed by atoms with Crippen LogP contribution in [0.25, 0.3) is 0 Å². The van der Waals surface area contributed by atoms with E-state index in [1.807, 2.05) is 0 Å². The van der Waals surface area contributed by atoms with E-state index in [4.69, 9.17) is 17.3 Å². The van der Waals surface area contributed by atoms with Crippen LogP contribution in [0.1, 0.15) is 6.42 Å². The predicted molar refractivity (Wildman–Crippen MR) is 54.2 cm³/mol. The molecule has 1 atom stereocenters. The standard InChI is InChI=1S/C8H11ClN2OS/c9-7-2-3-8(11-6-7)13(12)5-1-4-10/h2-3,6H,1,4-5,10H2. The number of rotatable bonds is 4. The Kier molecular flexibility index (Phi) is 4.35. The van der Waals surface area contributed by atoms with Gasteiger partial charge in [0.1, 0.15) is 5.03 Å². The van der Waals surface area contributed by atoms with Gasteiger partial charge in [-0.15, -0.1) is 0 Å². The molecule has 1 aromatic heterocycles. The molecule has 1 aromatic rings. The minimum atomic E-state index is -1.04. The molecule has 0 aromatic carbocycles. The highest BCUT2D eigenvalue weighted by atomic mass is 35.5. The lowest BCUT2D eigenvalue weighted by Gasteiger charge is -1.99. The summed E-state index contributed by atoms with van der Waals surface area (Å²) in [6, 6.07) is 3.36. The number of pyridine rings is 1. The first-order valence-corrected chi connectivity index (χ1v) is 5.63. The molecule has 0 aliphatic rings. The zero-order valence-electron chi connectivity index (χ0n) is 7.07. The van der Waals surface area contributed by atoms with E-state index in [-0.39, 0.29) is 0 Å². The van der Waals surface area contributed by atoms with Gasteiger partial charge in [-0.1, -0.05) is 11.6 Å². The SMILES string of the molecule is NCCCS(=O)c1ccc(Cl)cn1. The monoisotopic (exact) mass is 218 g/mol. The quantitative estimate of drug-likeness (QED) is 0.826. The highest BCUT2D eigenvalue weighted by molar-refractivity contribution is 7.84. The van der Waals surface area contributed by atoms with Crippen molar-refractivity contribution in [3.05, 3.63) is 23.4 Å². The molecule has 72 valence electrons. The Hall–Kier alpha value is -0.450. The Bertz CT molecular complexity index is 289. The highest BCUT2D eigenvalue weighted by Gasteiger charge is 2.03. The average Bonchev–Trinajstić information content (AvgIpc) is 2.15. The van der Waals surface area contributed by atoms with Crippen molar-refractivity contribution in [3.8, 4) is 0 Å². The van der Waals surface area contributed by atoms with Crippen molar-refractivity contribution < 1.29 is 4.21 Å². The minimum absolute atomic E-state index is 0.555. The van der Waals surface area contributed by atoms with Gasteiger partial charge in [0.25, 0.3) is 0 Å². The third kappa shape index (κ3) is 3.42. The molecule has 2 N–H and O–H groups in total. The van der Waals surface area contributed by atoms with Crippen LogP contribution in [0.3, 0.4) is 0 Å². The fraction of sp³-hybridized carbons (Fsp3) is 0.375. The van der Waals surface area contributed by atoms with E-state index < -0.39 is 10.8 Å². The molecule has 0 spiro atoms. The first kappa shape index (κ1) is 10.6. The first-order valence-electron chi connectivity index (χ1n) is 3.94. The van der Waals surface area contributed by atoms with Crippen molar-refractivity contribution in [2.75, 3.05) is 12.3 Å². The molecule has 0 saturated heterocycles. The lowest BCUT2D eigenvalue weighted by atomic mass is 10.5. The normalized spacial score (nSPS) is 12.8. The van der Waals surface area contributed by atoms with E-state index in [1.165, 1.54) is 6.20 Å². The average molecular weight is 219 g/mol. The van der Waals surface area contributed by atoms with E-state index >= 15 is 0 Å². The molecular weight excluding hydrogens is 208 g/mol. The summed E-state index contributed by atoms with van der Waals surface area (Å²) in [4.78, 5) is 3.96. The van der Waals surface area contributed by atoms with Crippen molar-refractivity contribution in [1.29, 1.82) is 0 Å². The summed E-state index contributed by atoms with van der Waals surface area (Å²) in [7, 11) is -1.04. The van der Waals surface area contributed by atoms with Crippen molar-refractivity contribution in [1.82, 2.24) is 4.98 Å². The number of nitrogens with two attached hydrogens (primary N) is 1. The number of hydrogen-bond donors (Lipinski definition) is 1. The van der Waals surface area contributed by atoms with Gasteiger partial charge >= 0.3 is 0 Å². The summed E-state index contributed by atoms with van der Waals surface area (Å²) in [6.45, 7) is 0.555. The van der Waals surface area contributed by atoms with Gasteiger partial charge in [-0.3, -0.25) is 4.21 Å². The topological polar surface area (TPSA) is 56.0 Å². The first-order chi connectivity index (χ1) is 6.24. The summed E-state index contributed by atoms with van der Waals surface area (Å²) < 4.78 is 11.5. The van der Waals surface area contributed by atoms with E-state index in [2.05, 4.69) is 4.98 Å². The molecular formula is C8H11ClN2OS. The fourth-order valence-corrected chi connectivity index (χ4v) is 1.96. The summed E-state index contributed by atoms with van der Waals surface area (Å²) in [6.07, 6.45) is 2.24. The Morgan fingerprint density at radius 3 is 2.85 bits per heavy atom. The fourth-order valence-electron chi connectivity index (χ4n) is 0.816. The van der Waals surface area contributed by atoms with E-state index in [1.54, 1.807) is 12.1 Å². The lowest BCUT2D eigenvalue weighted by Crippen LogP contribution is -2.06. The predicted octanol–water partition coefficient (Wildman–Crippen LogP) is 1.19. The molecule has 13 heavy (non-hydrogen) atoms. The number of hydrogen-bond acceptors (Lipinski definition) is 3. The lowest BCUT2D eigenvalue weighted by molar-refractivity contribution is 0.678. The van der Waals surface area contributed by atoms with E-state index in [0.717, 1.165) is 6.42 Å². The van der Waals surface area contributed by atoms with Crippen LogP contribution in [0.4, 0.5) is 0 Å². The van der Waals surface area contributed by atoms with Crippen LogP contribution in [-0.4, -0.2) is 21.5 Å². The Balaban J connectivity index is 2.61. The van der Waals surface area contributed by atoms with E-state index in [0.29, 0.717) is 22.3 Å². The van der Waals surface area contributed by atoms with Gasteiger partial charge in [-0.2, -0.15) is 0 Å². The van der Waals surface area contributed by atoms with Gasteiger partial charge in [0, 0.05) is 11.9 Å². The molecule has 0 fully saturated rings. The van der Waals surface area contributed by atoms with Crippen LogP contribution in [0, 0.1) is 0 Å². The molecule has 0 amide bonds. The molecule has 1 unspecified atom stereocenters. The van der Waals surface area contributed by atoms with Crippen LogP contribution >= 0.6 is 11.6 Å². The largest absolute Gasteiger partial charge is 0.330 e. The summed E-state index contributed by atoms with van der Waals surface area (Å²) in [5, 5.41) is 1.12. The van der Waals surface area contributed by atoms with Gasteiger partial charge in [0.2, 0.25) is 0 Å². The smallest absolute Gasteiger partial charge is 0.127 e. The van der Waals surface area contributed by atoms with Crippen LogP contribution in [0.5, 0.6) is 0 Å². The maximum absolute atomic E-state index is 11.5. The number of halogens is 1. The third-order valence-electron chi connectivity index (χ3n) is 1.47. The summed E-state index contributed by atoms with van der Waals surface area (Å²) >= 11 is 5.64. The van der Waals surface area contributed by atoms with Gasteiger partial charge < -0.3 is 5.73 Å². The summed E-state index contributed by atoms with van der Waals surface area (Å²) in [5.74, 6) is 0.561. The van der Waals surface area contributed by atoms with Crippen molar-refractivity contribution in [2.45, 2.75) is 11.4 Å². The Labute approximate surface area is 84.8 Å². The summed E-state index contributed by atoms with van der Waals surface area (Å²) in [5.41, 5.74) is 5.30. The zero-order valence-corrected chi connectivity index (χ0v) is 8.64. The molecule has 5 heteroatoms. The molecule has 1 heterocycles. The molecule has 0 bridgehead atoms. The molecule has 0 saturated carbocycles. The van der Waals surface area contributed by atoms with Crippen LogP contribution in [0.2, 0.25) is 5.02 Å². The maximum Gasteiger partial charge on any atom is 0.127 e. The Morgan fingerprint density at radius 1 is 1.54 bits per heavy atom. The second kappa shape index (κ2) is 5.32. The highest BCUT2D eigenvalue weighted by Crippen LogP contribution is 2.09.